The molecule has 7 heteroatoms. The van der Waals surface area contributed by atoms with Crippen LogP contribution in [0.15, 0.2) is 17.1 Å². The topological polar surface area (TPSA) is 115 Å². The predicted octanol–water partition coefficient (Wildman–Crippen LogP) is 0.365. The molecule has 0 heterocycles. The van der Waals surface area contributed by atoms with Crippen molar-refractivity contribution in [1.82, 2.24) is 0 Å². The molecule has 0 atom stereocenters. The Kier molecular flexibility index (Phi) is 3.51. The highest BCUT2D eigenvalue weighted by Crippen LogP contribution is 2.37. The summed E-state index contributed by atoms with van der Waals surface area (Å²) in [6.45, 7) is 6.90. The number of carbonyl (C=O) groups is 1. The standard InChI is InChI=1S/C10H10N4O3/c1-13-5-3-4-6(15)7(8(5)17-2)9(16)14-10(11)12/h3-4,15H,2H3,(H4,11,12,14,16). The van der Waals surface area contributed by atoms with Gasteiger partial charge in [0.2, 0.25) is 5.69 Å². The van der Waals surface area contributed by atoms with Crippen LogP contribution in [-0.2, 0) is 0 Å². The van der Waals surface area contributed by atoms with E-state index in [2.05, 4.69) is 9.84 Å². The molecule has 0 bridgehead atoms. The highest BCUT2D eigenvalue weighted by atomic mass is 16.5. The lowest BCUT2D eigenvalue weighted by Crippen LogP contribution is -2.24. The zero-order valence-electron chi connectivity index (χ0n) is 8.97. The summed E-state index contributed by atoms with van der Waals surface area (Å²) in [5, 5.41) is 9.57. The molecule has 0 aromatic heterocycles. The maximum atomic E-state index is 11.6. The van der Waals surface area contributed by atoms with Crippen molar-refractivity contribution in [3.8, 4) is 11.5 Å². The number of phenols is 1. The molecule has 0 aliphatic rings. The summed E-state index contributed by atoms with van der Waals surface area (Å²) in [6, 6.07) is 2.53. The number of amides is 1. The number of nitrogens with two attached hydrogens (primary N) is 2. The summed E-state index contributed by atoms with van der Waals surface area (Å²) in [6.07, 6.45) is 0. The van der Waals surface area contributed by atoms with Gasteiger partial charge in [-0.25, -0.2) is 4.85 Å². The Balaban J connectivity index is 3.46. The summed E-state index contributed by atoms with van der Waals surface area (Å²) in [5.41, 5.74) is 9.98. The van der Waals surface area contributed by atoms with Crippen LogP contribution in [0, 0.1) is 6.57 Å². The first-order chi connectivity index (χ1) is 8.01. The first-order valence-electron chi connectivity index (χ1n) is 4.42. The van der Waals surface area contributed by atoms with E-state index in [1.807, 2.05) is 0 Å². The van der Waals surface area contributed by atoms with Crippen molar-refractivity contribution in [2.24, 2.45) is 16.5 Å². The van der Waals surface area contributed by atoms with E-state index in [1.54, 1.807) is 0 Å². The third-order valence-corrected chi connectivity index (χ3v) is 1.88. The molecule has 0 aliphatic carbocycles. The third kappa shape index (κ3) is 2.43. The number of aliphatic imine (C=N–C) groups is 1. The van der Waals surface area contributed by atoms with Gasteiger partial charge in [0.25, 0.3) is 5.91 Å². The second kappa shape index (κ2) is 4.85. The summed E-state index contributed by atoms with van der Waals surface area (Å²) in [4.78, 5) is 18.1. The molecule has 88 valence electrons. The molecule has 0 aliphatic heterocycles. The van der Waals surface area contributed by atoms with Gasteiger partial charge in [0, 0.05) is 0 Å². The quantitative estimate of drug-likeness (QED) is 0.388. The van der Waals surface area contributed by atoms with Gasteiger partial charge in [-0.1, -0.05) is 0 Å². The highest BCUT2D eigenvalue weighted by molar-refractivity contribution is 6.06. The monoisotopic (exact) mass is 234 g/mol. The number of benzene rings is 1. The first kappa shape index (κ1) is 12.3. The van der Waals surface area contributed by atoms with Gasteiger partial charge in [-0.15, -0.1) is 0 Å². The Hall–Kier alpha value is -2.75. The lowest BCUT2D eigenvalue weighted by atomic mass is 10.1. The molecule has 1 amide bonds. The summed E-state index contributed by atoms with van der Waals surface area (Å²) >= 11 is 0. The van der Waals surface area contributed by atoms with Crippen molar-refractivity contribution < 1.29 is 14.6 Å². The van der Waals surface area contributed by atoms with Crippen molar-refractivity contribution in [2.75, 3.05) is 7.11 Å². The molecule has 1 aromatic carbocycles. The van der Waals surface area contributed by atoms with Crippen molar-refractivity contribution in [1.29, 1.82) is 0 Å². The van der Waals surface area contributed by atoms with E-state index in [4.69, 9.17) is 22.8 Å². The van der Waals surface area contributed by atoms with Gasteiger partial charge in [-0.05, 0) is 12.1 Å². The molecule has 0 fully saturated rings. The van der Waals surface area contributed by atoms with E-state index < -0.39 is 11.9 Å². The molecule has 0 saturated heterocycles. The van der Waals surface area contributed by atoms with Crippen LogP contribution in [0.2, 0.25) is 0 Å². The summed E-state index contributed by atoms with van der Waals surface area (Å²) in [5.74, 6) is -1.73. The second-order valence-electron chi connectivity index (χ2n) is 2.97. The largest absolute Gasteiger partial charge is 0.507 e. The lowest BCUT2D eigenvalue weighted by Gasteiger charge is -2.09. The van der Waals surface area contributed by atoms with E-state index >= 15 is 0 Å². The van der Waals surface area contributed by atoms with Crippen molar-refractivity contribution in [3.05, 3.63) is 29.1 Å². The maximum absolute atomic E-state index is 11.6. The van der Waals surface area contributed by atoms with Gasteiger partial charge in [0.15, 0.2) is 5.96 Å². The number of methoxy groups -OCH3 is 1. The average molecular weight is 234 g/mol. The number of nitrogens with zero attached hydrogens (tertiary/aromatic N) is 2. The second-order valence-corrected chi connectivity index (χ2v) is 2.97. The van der Waals surface area contributed by atoms with E-state index in [0.717, 1.165) is 0 Å². The number of ether oxygens (including phenoxy) is 1. The van der Waals surface area contributed by atoms with Crippen LogP contribution in [-0.4, -0.2) is 24.1 Å². The van der Waals surface area contributed by atoms with Gasteiger partial charge in [0.05, 0.1) is 13.7 Å². The number of carbonyl (C=O) groups excluding carboxylic acids is 1. The number of guanidine groups is 1. The minimum Gasteiger partial charge on any atom is -0.507 e. The van der Waals surface area contributed by atoms with Crippen molar-refractivity contribution in [2.45, 2.75) is 0 Å². The number of phenolic OH excluding ortho intramolecular Hbond substituents is 1. The maximum Gasteiger partial charge on any atom is 0.286 e. The molecule has 0 spiro atoms. The number of hydrogen-bond donors (Lipinski definition) is 3. The molecule has 1 aromatic rings. The third-order valence-electron chi connectivity index (χ3n) is 1.88. The first-order valence-corrected chi connectivity index (χ1v) is 4.42. The number of rotatable bonds is 2. The van der Waals surface area contributed by atoms with Crippen LogP contribution in [0.25, 0.3) is 4.85 Å². The van der Waals surface area contributed by atoms with Crippen LogP contribution >= 0.6 is 0 Å². The molecular weight excluding hydrogens is 224 g/mol. The normalized spacial score (nSPS) is 9.18. The fourth-order valence-corrected chi connectivity index (χ4v) is 1.24. The highest BCUT2D eigenvalue weighted by Gasteiger charge is 2.20. The minimum atomic E-state index is -0.871. The van der Waals surface area contributed by atoms with Crippen molar-refractivity contribution in [3.63, 3.8) is 0 Å². The molecule has 0 saturated carbocycles. The number of hydrogen-bond acceptors (Lipinski definition) is 3. The van der Waals surface area contributed by atoms with Crippen LogP contribution in [0.3, 0.4) is 0 Å². The molecule has 0 unspecified atom stereocenters. The molecule has 7 nitrogen and oxygen atoms in total. The Bertz CT molecular complexity index is 527. The lowest BCUT2D eigenvalue weighted by molar-refractivity contribution is 0.0997. The van der Waals surface area contributed by atoms with E-state index in [1.165, 1.54) is 19.2 Å². The molecule has 17 heavy (non-hydrogen) atoms. The zero-order valence-corrected chi connectivity index (χ0v) is 8.97. The molecular formula is C10H10N4O3. The average Bonchev–Trinajstić information content (AvgIpc) is 2.27. The zero-order chi connectivity index (χ0) is 13.0. The van der Waals surface area contributed by atoms with Gasteiger partial charge in [-0.2, -0.15) is 4.99 Å². The van der Waals surface area contributed by atoms with Crippen LogP contribution < -0.4 is 16.2 Å². The van der Waals surface area contributed by atoms with E-state index in [-0.39, 0.29) is 22.7 Å². The van der Waals surface area contributed by atoms with E-state index in [9.17, 15) is 9.90 Å². The van der Waals surface area contributed by atoms with Gasteiger partial charge in [0.1, 0.15) is 17.1 Å². The smallest absolute Gasteiger partial charge is 0.286 e. The Morgan fingerprint density at radius 2 is 2.18 bits per heavy atom. The Morgan fingerprint density at radius 1 is 1.53 bits per heavy atom. The van der Waals surface area contributed by atoms with Gasteiger partial charge in [-0.3, -0.25) is 4.79 Å². The number of aromatic hydroxyl groups is 1. The predicted molar refractivity (Wildman–Crippen MR) is 61.1 cm³/mol. The Labute approximate surface area is 97.1 Å². The fraction of sp³-hybridized carbons (Fsp3) is 0.100. The summed E-state index contributed by atoms with van der Waals surface area (Å²) < 4.78 is 4.91. The SMILES string of the molecule is [C-]#[N+]c1ccc(O)c(C(=O)N=C(N)N)c1OC. The Morgan fingerprint density at radius 3 is 2.65 bits per heavy atom. The van der Waals surface area contributed by atoms with Gasteiger partial charge < -0.3 is 21.3 Å². The van der Waals surface area contributed by atoms with Crippen LogP contribution in [0.5, 0.6) is 11.5 Å². The van der Waals surface area contributed by atoms with Gasteiger partial charge >= 0.3 is 0 Å². The minimum absolute atomic E-state index is 0.0602. The van der Waals surface area contributed by atoms with E-state index in [0.29, 0.717) is 0 Å². The fourth-order valence-electron chi connectivity index (χ4n) is 1.24. The molecule has 5 N–H and O–H groups in total. The van der Waals surface area contributed by atoms with Crippen LogP contribution in [0.4, 0.5) is 5.69 Å². The molecule has 1 rings (SSSR count). The molecule has 0 radical (unpaired) electrons. The summed E-state index contributed by atoms with van der Waals surface area (Å²) in [7, 11) is 1.27. The van der Waals surface area contributed by atoms with Crippen molar-refractivity contribution >= 4 is 17.6 Å². The van der Waals surface area contributed by atoms with Crippen LogP contribution in [0.1, 0.15) is 10.4 Å².